The molecule has 4 rings (SSSR count). The summed E-state index contributed by atoms with van der Waals surface area (Å²) in [6.45, 7) is 3.75. The number of aryl methyl sites for hydroxylation is 2. The summed E-state index contributed by atoms with van der Waals surface area (Å²) < 4.78 is 19.9. The van der Waals surface area contributed by atoms with Crippen molar-refractivity contribution in [3.63, 3.8) is 0 Å². The van der Waals surface area contributed by atoms with Gasteiger partial charge in [0.25, 0.3) is 5.91 Å². The molecule has 0 fully saturated rings. The molecule has 1 aromatic heterocycles. The number of amides is 1. The largest absolute Gasteiger partial charge is 0.450 e. The molecule has 0 saturated heterocycles. The predicted molar refractivity (Wildman–Crippen MR) is 87.7 cm³/mol. The van der Waals surface area contributed by atoms with Crippen molar-refractivity contribution in [2.24, 2.45) is 0 Å². The van der Waals surface area contributed by atoms with Crippen molar-refractivity contribution in [2.45, 2.75) is 19.9 Å². The van der Waals surface area contributed by atoms with Gasteiger partial charge >= 0.3 is 0 Å². The van der Waals surface area contributed by atoms with Crippen LogP contribution in [0.5, 0.6) is 0 Å². The monoisotopic (exact) mass is 323 g/mol. The van der Waals surface area contributed by atoms with E-state index in [4.69, 9.17) is 4.42 Å². The van der Waals surface area contributed by atoms with Crippen molar-refractivity contribution in [1.82, 2.24) is 5.32 Å². The van der Waals surface area contributed by atoms with Crippen LogP contribution in [0.2, 0.25) is 0 Å². The summed E-state index contributed by atoms with van der Waals surface area (Å²) in [5, 5.41) is 3.05. The Kier molecular flexibility index (Phi) is 3.06. The maximum absolute atomic E-state index is 14.1. The van der Waals surface area contributed by atoms with Gasteiger partial charge < -0.3 is 9.73 Å². The van der Waals surface area contributed by atoms with Crippen LogP contribution in [0.3, 0.4) is 0 Å². The lowest BCUT2D eigenvalue weighted by Crippen LogP contribution is -2.22. The summed E-state index contributed by atoms with van der Waals surface area (Å²) in [6.07, 6.45) is 0. The lowest BCUT2D eigenvalue weighted by molar-refractivity contribution is 0.0937. The Morgan fingerprint density at radius 2 is 1.83 bits per heavy atom. The van der Waals surface area contributed by atoms with Crippen LogP contribution in [0.4, 0.5) is 4.39 Å². The molecule has 1 aliphatic rings. The van der Waals surface area contributed by atoms with Crippen LogP contribution < -0.4 is 10.7 Å². The van der Waals surface area contributed by atoms with Crippen molar-refractivity contribution in [2.75, 3.05) is 0 Å². The Bertz CT molecular complexity index is 1070. The molecule has 5 heteroatoms. The van der Waals surface area contributed by atoms with Gasteiger partial charge in [-0.25, -0.2) is 4.39 Å². The summed E-state index contributed by atoms with van der Waals surface area (Å²) in [6, 6.07) is 8.77. The molecule has 1 aliphatic heterocycles. The molecule has 0 spiro atoms. The van der Waals surface area contributed by atoms with Crippen molar-refractivity contribution in [3.05, 3.63) is 80.5 Å². The average Bonchev–Trinajstić information content (AvgIpc) is 2.89. The molecule has 1 unspecified atom stereocenters. The first-order chi connectivity index (χ1) is 11.5. The van der Waals surface area contributed by atoms with Crippen LogP contribution in [-0.4, -0.2) is 5.91 Å². The highest BCUT2D eigenvalue weighted by Gasteiger charge is 2.37. The molecule has 0 bridgehead atoms. The first kappa shape index (κ1) is 14.6. The van der Waals surface area contributed by atoms with Crippen molar-refractivity contribution in [1.29, 1.82) is 0 Å². The molecular weight excluding hydrogens is 309 g/mol. The normalized spacial score (nSPS) is 16.3. The van der Waals surface area contributed by atoms with Gasteiger partial charge in [0.05, 0.1) is 17.0 Å². The smallest absolute Gasteiger partial charge is 0.288 e. The molecule has 0 saturated carbocycles. The minimum absolute atomic E-state index is 0.0329. The highest BCUT2D eigenvalue weighted by Crippen LogP contribution is 2.33. The van der Waals surface area contributed by atoms with Crippen molar-refractivity contribution < 1.29 is 13.6 Å². The third-order valence-electron chi connectivity index (χ3n) is 4.60. The number of rotatable bonds is 1. The summed E-state index contributed by atoms with van der Waals surface area (Å²) in [4.78, 5) is 25.2. The molecule has 0 aliphatic carbocycles. The maximum atomic E-state index is 14.1. The number of hydrogen-bond acceptors (Lipinski definition) is 3. The van der Waals surface area contributed by atoms with E-state index in [2.05, 4.69) is 5.32 Å². The van der Waals surface area contributed by atoms with E-state index in [1.807, 2.05) is 19.9 Å². The highest BCUT2D eigenvalue weighted by atomic mass is 19.1. The topological polar surface area (TPSA) is 59.3 Å². The zero-order valence-electron chi connectivity index (χ0n) is 13.1. The summed E-state index contributed by atoms with van der Waals surface area (Å²) in [5.41, 5.74) is 2.30. The van der Waals surface area contributed by atoms with Crippen LogP contribution in [0.15, 0.2) is 45.6 Å². The molecular formula is C19H14FNO3. The minimum Gasteiger partial charge on any atom is -0.450 e. The third-order valence-corrected chi connectivity index (χ3v) is 4.60. The van der Waals surface area contributed by atoms with E-state index in [1.165, 1.54) is 6.07 Å². The van der Waals surface area contributed by atoms with Crippen LogP contribution in [-0.2, 0) is 0 Å². The fraction of sp³-hybridized carbons (Fsp3) is 0.158. The molecule has 2 aromatic carbocycles. The molecule has 1 atom stereocenters. The second-order valence-electron chi connectivity index (χ2n) is 5.99. The lowest BCUT2D eigenvalue weighted by Gasteiger charge is -2.12. The van der Waals surface area contributed by atoms with Crippen LogP contribution in [0.1, 0.15) is 38.9 Å². The molecule has 1 N–H and O–H groups in total. The Balaban J connectivity index is 2.06. The fourth-order valence-electron chi connectivity index (χ4n) is 3.15. The molecule has 4 nitrogen and oxygen atoms in total. The number of nitrogens with one attached hydrogen (secondary N) is 1. The van der Waals surface area contributed by atoms with Gasteiger partial charge in [-0.2, -0.15) is 0 Å². The van der Waals surface area contributed by atoms with Gasteiger partial charge in [0.2, 0.25) is 5.76 Å². The van der Waals surface area contributed by atoms with E-state index >= 15 is 0 Å². The summed E-state index contributed by atoms with van der Waals surface area (Å²) in [5.74, 6) is -1.01. The lowest BCUT2D eigenvalue weighted by atomic mass is 9.97. The van der Waals surface area contributed by atoms with Gasteiger partial charge in [-0.1, -0.05) is 24.3 Å². The zero-order chi connectivity index (χ0) is 17.0. The predicted octanol–water partition coefficient (Wildman–Crippen LogP) is 3.38. The second kappa shape index (κ2) is 5.03. The fourth-order valence-corrected chi connectivity index (χ4v) is 3.15. The molecule has 0 radical (unpaired) electrons. The standard InChI is InChI=1S/C19H14FNO3/c1-9-7-8-12-16(22)14-15(11-5-3-4-6-13(11)20)21-19(23)18(14)24-17(12)10(9)2/h3-8,15H,1-2H3,(H,21,23). The van der Waals surface area contributed by atoms with E-state index in [0.29, 0.717) is 11.0 Å². The van der Waals surface area contributed by atoms with Gasteiger partial charge in [0.15, 0.2) is 5.43 Å². The van der Waals surface area contributed by atoms with Crippen LogP contribution in [0.25, 0.3) is 11.0 Å². The van der Waals surface area contributed by atoms with Crippen LogP contribution in [0, 0.1) is 19.7 Å². The minimum atomic E-state index is -0.837. The van der Waals surface area contributed by atoms with Crippen molar-refractivity contribution >= 4 is 16.9 Å². The van der Waals surface area contributed by atoms with E-state index < -0.39 is 17.8 Å². The summed E-state index contributed by atoms with van der Waals surface area (Å²) in [7, 11) is 0. The van der Waals surface area contributed by atoms with E-state index in [0.717, 1.165) is 11.1 Å². The van der Waals surface area contributed by atoms with E-state index in [1.54, 1.807) is 24.3 Å². The van der Waals surface area contributed by atoms with Crippen molar-refractivity contribution in [3.8, 4) is 0 Å². The maximum Gasteiger partial charge on any atom is 0.288 e. The number of carbonyl (C=O) groups is 1. The molecule has 24 heavy (non-hydrogen) atoms. The first-order valence-electron chi connectivity index (χ1n) is 7.61. The molecule has 2 heterocycles. The number of hydrogen-bond donors (Lipinski definition) is 1. The Morgan fingerprint density at radius 3 is 2.58 bits per heavy atom. The SMILES string of the molecule is Cc1ccc2c(=O)c3c(oc2c1C)C(=O)NC3c1ccccc1F. The van der Waals surface area contributed by atoms with Gasteiger partial charge in [-0.3, -0.25) is 9.59 Å². The second-order valence-corrected chi connectivity index (χ2v) is 5.99. The Morgan fingerprint density at radius 1 is 1.08 bits per heavy atom. The average molecular weight is 323 g/mol. The van der Waals surface area contributed by atoms with Gasteiger partial charge in [0, 0.05) is 5.56 Å². The molecule has 3 aromatic rings. The Labute approximate surface area is 136 Å². The van der Waals surface area contributed by atoms with Crippen LogP contribution >= 0.6 is 0 Å². The highest BCUT2D eigenvalue weighted by molar-refractivity contribution is 5.99. The van der Waals surface area contributed by atoms with Gasteiger partial charge in [-0.05, 0) is 37.1 Å². The number of benzene rings is 2. The third kappa shape index (κ3) is 1.91. The number of halogens is 1. The number of carbonyl (C=O) groups excluding carboxylic acids is 1. The van der Waals surface area contributed by atoms with Gasteiger partial charge in [-0.15, -0.1) is 0 Å². The quantitative estimate of drug-likeness (QED) is 0.747. The van der Waals surface area contributed by atoms with Gasteiger partial charge in [0.1, 0.15) is 11.4 Å². The molecule has 1 amide bonds. The van der Waals surface area contributed by atoms with E-state index in [-0.39, 0.29) is 22.3 Å². The summed E-state index contributed by atoms with van der Waals surface area (Å²) >= 11 is 0. The first-order valence-corrected chi connectivity index (χ1v) is 7.61. The number of fused-ring (bicyclic) bond motifs is 2. The Hall–Kier alpha value is -2.95. The van der Waals surface area contributed by atoms with E-state index in [9.17, 15) is 14.0 Å². The zero-order valence-corrected chi connectivity index (χ0v) is 13.1. The molecule has 120 valence electrons.